The van der Waals surface area contributed by atoms with Crippen LogP contribution in [0.25, 0.3) is 0 Å². The first-order valence-electron chi connectivity index (χ1n) is 5.75. The molecule has 0 amide bonds. The first kappa shape index (κ1) is 10.7. The second-order valence-corrected chi connectivity index (χ2v) is 3.94. The first-order valence-corrected chi connectivity index (χ1v) is 5.75. The smallest absolute Gasteiger partial charge is 0.137 e. The SMILES string of the molecule is c1ccc(C(c2ccccn2)n2cncn2)cc1. The average molecular weight is 236 g/mol. The van der Waals surface area contributed by atoms with Crippen molar-refractivity contribution in [2.45, 2.75) is 6.04 Å². The van der Waals surface area contributed by atoms with E-state index in [0.717, 1.165) is 11.3 Å². The normalized spacial score (nSPS) is 12.2. The van der Waals surface area contributed by atoms with Crippen molar-refractivity contribution in [1.29, 1.82) is 0 Å². The first-order chi connectivity index (χ1) is 8.95. The van der Waals surface area contributed by atoms with Crippen LogP contribution < -0.4 is 0 Å². The van der Waals surface area contributed by atoms with E-state index in [9.17, 15) is 0 Å². The minimum Gasteiger partial charge on any atom is -0.259 e. The zero-order valence-corrected chi connectivity index (χ0v) is 9.72. The van der Waals surface area contributed by atoms with Crippen molar-refractivity contribution in [1.82, 2.24) is 19.7 Å². The molecule has 0 aliphatic heterocycles. The molecule has 3 aromatic rings. The van der Waals surface area contributed by atoms with Crippen LogP contribution in [0.3, 0.4) is 0 Å². The number of pyridine rings is 1. The molecule has 1 unspecified atom stereocenters. The molecule has 88 valence electrons. The van der Waals surface area contributed by atoms with E-state index in [2.05, 4.69) is 27.2 Å². The summed E-state index contributed by atoms with van der Waals surface area (Å²) in [6.07, 6.45) is 5.05. The van der Waals surface area contributed by atoms with E-state index in [1.54, 1.807) is 18.9 Å². The fourth-order valence-corrected chi connectivity index (χ4v) is 1.98. The van der Waals surface area contributed by atoms with Crippen LogP contribution in [0.2, 0.25) is 0 Å². The highest BCUT2D eigenvalue weighted by Gasteiger charge is 2.17. The van der Waals surface area contributed by atoms with Crippen LogP contribution >= 0.6 is 0 Å². The zero-order valence-electron chi connectivity index (χ0n) is 9.72. The van der Waals surface area contributed by atoms with E-state index in [-0.39, 0.29) is 6.04 Å². The van der Waals surface area contributed by atoms with Gasteiger partial charge in [0, 0.05) is 6.20 Å². The lowest BCUT2D eigenvalue weighted by Gasteiger charge is -2.16. The number of hydrogen-bond donors (Lipinski definition) is 0. The molecule has 4 heteroatoms. The molecular formula is C14H12N4. The average Bonchev–Trinajstić information content (AvgIpc) is 2.95. The third-order valence-electron chi connectivity index (χ3n) is 2.78. The Kier molecular flexibility index (Phi) is 2.84. The van der Waals surface area contributed by atoms with Crippen LogP contribution in [0.5, 0.6) is 0 Å². The standard InChI is InChI=1S/C14H12N4/c1-2-6-12(7-3-1)14(18-11-15-10-17-18)13-8-4-5-9-16-13/h1-11,14H. The maximum atomic E-state index is 4.42. The quantitative estimate of drug-likeness (QED) is 0.701. The Balaban J connectivity index is 2.11. The molecule has 2 aromatic heterocycles. The second kappa shape index (κ2) is 4.79. The van der Waals surface area contributed by atoms with Gasteiger partial charge in [-0.15, -0.1) is 0 Å². The van der Waals surface area contributed by atoms with Gasteiger partial charge in [-0.3, -0.25) is 4.98 Å². The van der Waals surface area contributed by atoms with Gasteiger partial charge in [0.2, 0.25) is 0 Å². The summed E-state index contributed by atoms with van der Waals surface area (Å²) in [5.74, 6) is 0. The molecule has 2 heterocycles. The fraction of sp³-hybridized carbons (Fsp3) is 0.0714. The summed E-state index contributed by atoms with van der Waals surface area (Å²) < 4.78 is 1.82. The molecule has 0 bridgehead atoms. The Labute approximate surface area is 105 Å². The lowest BCUT2D eigenvalue weighted by Crippen LogP contribution is -2.14. The highest BCUT2D eigenvalue weighted by molar-refractivity contribution is 5.28. The van der Waals surface area contributed by atoms with Gasteiger partial charge in [0.1, 0.15) is 18.7 Å². The van der Waals surface area contributed by atoms with Crippen molar-refractivity contribution in [2.75, 3.05) is 0 Å². The summed E-state index contributed by atoms with van der Waals surface area (Å²) in [5.41, 5.74) is 2.09. The third kappa shape index (κ3) is 2.00. The number of hydrogen-bond acceptors (Lipinski definition) is 3. The van der Waals surface area contributed by atoms with Gasteiger partial charge in [-0.1, -0.05) is 36.4 Å². The van der Waals surface area contributed by atoms with Gasteiger partial charge in [0.05, 0.1) is 5.69 Å². The van der Waals surface area contributed by atoms with Crippen molar-refractivity contribution in [3.05, 3.63) is 78.6 Å². The van der Waals surface area contributed by atoms with Gasteiger partial charge in [-0.05, 0) is 17.7 Å². The summed E-state index contributed by atoms with van der Waals surface area (Å²) >= 11 is 0. The number of rotatable bonds is 3. The molecule has 4 nitrogen and oxygen atoms in total. The van der Waals surface area contributed by atoms with E-state index in [0.29, 0.717) is 0 Å². The Morgan fingerprint density at radius 3 is 2.44 bits per heavy atom. The molecule has 0 radical (unpaired) electrons. The fourth-order valence-electron chi connectivity index (χ4n) is 1.98. The zero-order chi connectivity index (χ0) is 12.2. The summed E-state index contributed by atoms with van der Waals surface area (Å²) in [7, 11) is 0. The Morgan fingerprint density at radius 1 is 0.944 bits per heavy atom. The second-order valence-electron chi connectivity index (χ2n) is 3.94. The molecule has 0 N–H and O–H groups in total. The number of nitrogens with zero attached hydrogens (tertiary/aromatic N) is 4. The summed E-state index contributed by atoms with van der Waals surface area (Å²) in [6.45, 7) is 0. The van der Waals surface area contributed by atoms with E-state index in [1.807, 2.05) is 41.1 Å². The van der Waals surface area contributed by atoms with Crippen LogP contribution in [0.1, 0.15) is 17.3 Å². The molecule has 18 heavy (non-hydrogen) atoms. The molecule has 1 atom stereocenters. The van der Waals surface area contributed by atoms with Gasteiger partial charge in [-0.2, -0.15) is 5.10 Å². The minimum absolute atomic E-state index is 0.0325. The highest BCUT2D eigenvalue weighted by atomic mass is 15.3. The summed E-state index contributed by atoms with van der Waals surface area (Å²) in [6, 6.07) is 16.0. The van der Waals surface area contributed by atoms with Crippen molar-refractivity contribution in [2.24, 2.45) is 0 Å². The maximum Gasteiger partial charge on any atom is 0.137 e. The van der Waals surface area contributed by atoms with Gasteiger partial charge in [0.15, 0.2) is 0 Å². The molecule has 0 aliphatic carbocycles. The molecular weight excluding hydrogens is 224 g/mol. The molecule has 0 aliphatic rings. The van der Waals surface area contributed by atoms with E-state index in [4.69, 9.17) is 0 Å². The molecule has 0 spiro atoms. The monoisotopic (exact) mass is 236 g/mol. The van der Waals surface area contributed by atoms with Gasteiger partial charge in [-0.25, -0.2) is 9.67 Å². The minimum atomic E-state index is -0.0325. The van der Waals surface area contributed by atoms with Crippen molar-refractivity contribution >= 4 is 0 Å². The Hall–Kier alpha value is -2.49. The highest BCUT2D eigenvalue weighted by Crippen LogP contribution is 2.23. The molecule has 0 saturated carbocycles. The van der Waals surface area contributed by atoms with Gasteiger partial charge in [0.25, 0.3) is 0 Å². The predicted molar refractivity (Wildman–Crippen MR) is 67.9 cm³/mol. The van der Waals surface area contributed by atoms with Crippen molar-refractivity contribution in [3.8, 4) is 0 Å². The summed E-state index contributed by atoms with van der Waals surface area (Å²) in [4.78, 5) is 8.44. The van der Waals surface area contributed by atoms with Gasteiger partial charge >= 0.3 is 0 Å². The van der Waals surface area contributed by atoms with Crippen LogP contribution in [-0.2, 0) is 0 Å². The largest absolute Gasteiger partial charge is 0.259 e. The lowest BCUT2D eigenvalue weighted by atomic mass is 10.0. The topological polar surface area (TPSA) is 43.6 Å². The van der Waals surface area contributed by atoms with E-state index < -0.39 is 0 Å². The molecule has 0 fully saturated rings. The van der Waals surface area contributed by atoms with Crippen LogP contribution in [0.15, 0.2) is 67.4 Å². The van der Waals surface area contributed by atoms with Crippen molar-refractivity contribution < 1.29 is 0 Å². The van der Waals surface area contributed by atoms with Crippen molar-refractivity contribution in [3.63, 3.8) is 0 Å². The van der Waals surface area contributed by atoms with Crippen LogP contribution in [0, 0.1) is 0 Å². The Bertz CT molecular complexity index is 551. The molecule has 0 saturated heterocycles. The van der Waals surface area contributed by atoms with E-state index >= 15 is 0 Å². The summed E-state index contributed by atoms with van der Waals surface area (Å²) in [5, 5.41) is 4.23. The number of benzene rings is 1. The number of aromatic nitrogens is 4. The lowest BCUT2D eigenvalue weighted by molar-refractivity contribution is 0.580. The van der Waals surface area contributed by atoms with Gasteiger partial charge < -0.3 is 0 Å². The molecule has 3 rings (SSSR count). The van der Waals surface area contributed by atoms with Crippen LogP contribution in [-0.4, -0.2) is 19.7 Å². The third-order valence-corrected chi connectivity index (χ3v) is 2.78. The predicted octanol–water partition coefficient (Wildman–Crippen LogP) is 2.31. The van der Waals surface area contributed by atoms with E-state index in [1.165, 1.54) is 0 Å². The maximum absolute atomic E-state index is 4.42. The Morgan fingerprint density at radius 2 is 1.78 bits per heavy atom. The van der Waals surface area contributed by atoms with Crippen LogP contribution in [0.4, 0.5) is 0 Å². The molecule has 1 aromatic carbocycles.